The van der Waals surface area contributed by atoms with Crippen molar-refractivity contribution in [2.24, 2.45) is 0 Å². The minimum absolute atomic E-state index is 0.154. The standard InChI is InChI=1S/C59H37N5/c1-9-26-48-39(18-1)40-19-2-10-27-49(40)61(48)38-36-47(60-58(37-38)64-54-32-15-7-24-45(54)46-25-8-16-33-55(46)64)59-56(62-50-28-11-3-20-41(50)42-21-4-12-29-51(42)62)34-17-35-57(59)63-52-30-13-5-22-43(52)44-23-6-14-31-53(44)63/h1-37H/i1D,7D,9D,15D,18D,24D,26D,32D. The van der Waals surface area contributed by atoms with Gasteiger partial charge in [0.25, 0.3) is 0 Å². The van der Waals surface area contributed by atoms with Crippen molar-refractivity contribution in [1.82, 2.24) is 23.3 Å². The third-order valence-electron chi connectivity index (χ3n) is 12.8. The summed E-state index contributed by atoms with van der Waals surface area (Å²) in [6.07, 6.45) is 0. The topological polar surface area (TPSA) is 32.6 Å². The van der Waals surface area contributed by atoms with Crippen LogP contribution in [-0.2, 0) is 0 Å². The van der Waals surface area contributed by atoms with Gasteiger partial charge in [0.1, 0.15) is 5.82 Å². The lowest BCUT2D eigenvalue weighted by molar-refractivity contribution is 1.05. The van der Waals surface area contributed by atoms with E-state index in [-0.39, 0.29) is 59.4 Å². The second kappa shape index (κ2) is 13.4. The number of hydrogen-bond acceptors (Lipinski definition) is 1. The first-order valence-corrected chi connectivity index (χ1v) is 21.2. The Morgan fingerprint density at radius 1 is 0.312 bits per heavy atom. The molecule has 0 aliphatic heterocycles. The van der Waals surface area contributed by atoms with Gasteiger partial charge in [0.05, 0.1) is 77.9 Å². The Morgan fingerprint density at radius 3 is 1.12 bits per heavy atom. The van der Waals surface area contributed by atoms with E-state index in [4.69, 9.17) is 10.5 Å². The van der Waals surface area contributed by atoms with Gasteiger partial charge in [-0.2, -0.15) is 0 Å². The first-order valence-electron chi connectivity index (χ1n) is 25.2. The molecule has 0 saturated heterocycles. The number of benzene rings is 9. The van der Waals surface area contributed by atoms with Gasteiger partial charge in [-0.1, -0.05) is 152 Å². The van der Waals surface area contributed by atoms with Crippen molar-refractivity contribution in [3.63, 3.8) is 0 Å². The molecule has 0 N–H and O–H groups in total. The maximum absolute atomic E-state index is 9.51. The van der Waals surface area contributed by atoms with E-state index in [0.717, 1.165) is 60.5 Å². The zero-order chi connectivity index (χ0) is 48.8. The number of hydrogen-bond donors (Lipinski definition) is 0. The molecule has 5 aromatic heterocycles. The zero-order valence-corrected chi connectivity index (χ0v) is 34.0. The van der Waals surface area contributed by atoms with Crippen molar-refractivity contribution in [2.45, 2.75) is 0 Å². The van der Waals surface area contributed by atoms with Crippen molar-refractivity contribution in [2.75, 3.05) is 0 Å². The predicted molar refractivity (Wildman–Crippen MR) is 267 cm³/mol. The normalized spacial score (nSPS) is 13.8. The third kappa shape index (κ3) is 4.86. The number of nitrogens with zero attached hydrogens (tertiary/aromatic N) is 5. The quantitative estimate of drug-likeness (QED) is 0.170. The molecule has 0 saturated carbocycles. The number of aromatic nitrogens is 5. The Bertz CT molecular complexity index is 4300. The second-order valence-corrected chi connectivity index (χ2v) is 16.1. The van der Waals surface area contributed by atoms with Crippen LogP contribution < -0.4 is 0 Å². The van der Waals surface area contributed by atoms with Crippen LogP contribution in [0.1, 0.15) is 11.0 Å². The van der Waals surface area contributed by atoms with Gasteiger partial charge in [0.2, 0.25) is 0 Å². The summed E-state index contributed by atoms with van der Waals surface area (Å²) in [5, 5.41) is 6.28. The molecule has 5 heterocycles. The predicted octanol–water partition coefficient (Wildman–Crippen LogP) is 15.1. The fraction of sp³-hybridized carbons (Fsp3) is 0. The zero-order valence-electron chi connectivity index (χ0n) is 42.0. The maximum Gasteiger partial charge on any atom is 0.140 e. The minimum atomic E-state index is -0.378. The van der Waals surface area contributed by atoms with Gasteiger partial charge in [-0.05, 0) is 66.7 Å². The molecular weight excluding hydrogens is 779 g/mol. The second-order valence-electron chi connectivity index (χ2n) is 16.1. The van der Waals surface area contributed by atoms with Crippen molar-refractivity contribution in [3.05, 3.63) is 224 Å². The van der Waals surface area contributed by atoms with Crippen LogP contribution in [0, 0.1) is 0 Å². The Morgan fingerprint density at radius 2 is 0.672 bits per heavy atom. The molecule has 0 unspecified atom stereocenters. The smallest absolute Gasteiger partial charge is 0.140 e. The molecule has 5 heteroatoms. The summed E-state index contributed by atoms with van der Waals surface area (Å²) in [6, 6.07) is 56.4. The van der Waals surface area contributed by atoms with E-state index in [1.165, 1.54) is 0 Å². The summed E-state index contributed by atoms with van der Waals surface area (Å²) in [5.41, 5.74) is 9.09. The lowest BCUT2D eigenvalue weighted by Crippen LogP contribution is -2.07. The van der Waals surface area contributed by atoms with E-state index in [9.17, 15) is 5.48 Å². The fourth-order valence-electron chi connectivity index (χ4n) is 10.2. The molecule has 14 aromatic rings. The summed E-state index contributed by atoms with van der Waals surface area (Å²) >= 11 is 0. The summed E-state index contributed by atoms with van der Waals surface area (Å²) in [4.78, 5) is 5.69. The summed E-state index contributed by atoms with van der Waals surface area (Å²) in [7, 11) is 0. The highest BCUT2D eigenvalue weighted by atomic mass is 15.1. The van der Waals surface area contributed by atoms with Crippen LogP contribution >= 0.6 is 0 Å². The summed E-state index contributed by atoms with van der Waals surface area (Å²) in [5.74, 6) is 0.329. The van der Waals surface area contributed by atoms with Gasteiger partial charge in [0.15, 0.2) is 0 Å². The van der Waals surface area contributed by atoms with E-state index in [1.807, 2.05) is 118 Å². The molecule has 0 fully saturated rings. The average molecular weight is 824 g/mol. The highest BCUT2D eigenvalue weighted by molar-refractivity contribution is 6.13. The molecule has 9 aromatic carbocycles. The molecule has 0 atom stereocenters. The molecular formula is C59H37N5. The van der Waals surface area contributed by atoms with Crippen LogP contribution in [0.3, 0.4) is 0 Å². The maximum atomic E-state index is 9.51. The van der Waals surface area contributed by atoms with Crippen LogP contribution in [0.25, 0.3) is 121 Å². The molecule has 0 bridgehead atoms. The fourth-order valence-corrected chi connectivity index (χ4v) is 10.2. The molecule has 298 valence electrons. The highest BCUT2D eigenvalue weighted by Gasteiger charge is 2.25. The molecule has 0 amide bonds. The number of pyridine rings is 1. The molecule has 0 aliphatic rings. The van der Waals surface area contributed by atoms with E-state index in [1.54, 1.807) is 0 Å². The summed E-state index contributed by atoms with van der Waals surface area (Å²) < 4.78 is 81.3. The molecule has 0 aliphatic carbocycles. The third-order valence-corrected chi connectivity index (χ3v) is 12.8. The lowest BCUT2D eigenvalue weighted by atomic mass is 10.0. The molecule has 0 radical (unpaired) electrons. The van der Waals surface area contributed by atoms with Gasteiger partial charge in [-0.25, -0.2) is 4.98 Å². The van der Waals surface area contributed by atoms with Crippen molar-refractivity contribution in [1.29, 1.82) is 0 Å². The van der Waals surface area contributed by atoms with Crippen LogP contribution in [0.4, 0.5) is 0 Å². The van der Waals surface area contributed by atoms with Gasteiger partial charge in [-0.3, -0.25) is 4.57 Å². The minimum Gasteiger partial charge on any atom is -0.309 e. The van der Waals surface area contributed by atoms with Crippen molar-refractivity contribution in [3.8, 4) is 34.1 Å². The first-order chi connectivity index (χ1) is 35.1. The van der Waals surface area contributed by atoms with Gasteiger partial charge < -0.3 is 13.7 Å². The van der Waals surface area contributed by atoms with Crippen molar-refractivity contribution >= 4 is 87.2 Å². The van der Waals surface area contributed by atoms with Gasteiger partial charge in [0, 0.05) is 54.7 Å². The lowest BCUT2D eigenvalue weighted by Gasteiger charge is -2.21. The van der Waals surface area contributed by atoms with E-state index in [0.29, 0.717) is 49.8 Å². The van der Waals surface area contributed by atoms with Gasteiger partial charge >= 0.3 is 0 Å². The van der Waals surface area contributed by atoms with Crippen molar-refractivity contribution < 1.29 is 11.0 Å². The first kappa shape index (κ1) is 28.0. The molecule has 64 heavy (non-hydrogen) atoms. The Balaban J connectivity index is 1.22. The van der Waals surface area contributed by atoms with Crippen LogP contribution in [0.5, 0.6) is 0 Å². The summed E-state index contributed by atoms with van der Waals surface area (Å²) in [6.45, 7) is 0. The SMILES string of the molecule is [2H]c1c([2H])c([2H])c2c(c1[2H])c1ccccc1n2-c1cc(-c2c(-n3c4ccccc4c4ccccc43)cccc2-n2c3ccccc3c3ccccc32)nc(-n2c3ccccc3c3c([2H])c([2H])c([2H])c([2H])c32)c1. The Hall–Kier alpha value is -8.67. The van der Waals surface area contributed by atoms with Gasteiger partial charge in [-0.15, -0.1) is 0 Å². The number of fused-ring (bicyclic) bond motifs is 12. The molecule has 0 spiro atoms. The van der Waals surface area contributed by atoms with Crippen LogP contribution in [-0.4, -0.2) is 23.3 Å². The van der Waals surface area contributed by atoms with Crippen LogP contribution in [0.2, 0.25) is 0 Å². The highest BCUT2D eigenvalue weighted by Crippen LogP contribution is 2.44. The Labute approximate surface area is 378 Å². The van der Waals surface area contributed by atoms with Crippen LogP contribution in [0.15, 0.2) is 224 Å². The molecule has 5 nitrogen and oxygen atoms in total. The average Bonchev–Trinajstić information content (AvgIpc) is 4.16. The Kier molecular flexibility index (Phi) is 5.88. The van der Waals surface area contributed by atoms with E-state index >= 15 is 0 Å². The van der Waals surface area contributed by atoms with E-state index < -0.39 is 0 Å². The largest absolute Gasteiger partial charge is 0.309 e. The van der Waals surface area contributed by atoms with E-state index in [2.05, 4.69) is 75.9 Å². The molecule has 14 rings (SSSR count). The monoisotopic (exact) mass is 823 g/mol. The number of rotatable bonds is 5. The number of para-hydroxylation sites is 8.